The predicted molar refractivity (Wildman–Crippen MR) is 65.3 cm³/mol. The van der Waals surface area contributed by atoms with Gasteiger partial charge in [0.15, 0.2) is 6.29 Å². The molecule has 0 radical (unpaired) electrons. The van der Waals surface area contributed by atoms with Crippen molar-refractivity contribution in [3.05, 3.63) is 23.9 Å². The molecule has 2 rings (SSSR count). The fourth-order valence-electron chi connectivity index (χ4n) is 1.69. The van der Waals surface area contributed by atoms with Crippen LogP contribution in [-0.2, 0) is 4.79 Å². The van der Waals surface area contributed by atoms with Gasteiger partial charge in [0.05, 0.1) is 5.56 Å². The number of rotatable bonds is 4. The molecule has 1 aliphatic heterocycles. The van der Waals surface area contributed by atoms with Gasteiger partial charge in [-0.1, -0.05) is 0 Å². The Morgan fingerprint density at radius 2 is 2.41 bits per heavy atom. The van der Waals surface area contributed by atoms with Crippen molar-refractivity contribution < 1.29 is 14.7 Å². The lowest BCUT2D eigenvalue weighted by atomic mass is 10.2. The van der Waals surface area contributed by atoms with Gasteiger partial charge in [-0.15, -0.1) is 11.8 Å². The van der Waals surface area contributed by atoms with E-state index in [2.05, 4.69) is 10.3 Å². The summed E-state index contributed by atoms with van der Waals surface area (Å²) in [7, 11) is 0. The van der Waals surface area contributed by atoms with Gasteiger partial charge in [-0.2, -0.15) is 0 Å². The molecule has 1 aromatic heterocycles. The molecule has 1 saturated heterocycles. The summed E-state index contributed by atoms with van der Waals surface area (Å²) in [5, 5.41) is 11.8. The lowest BCUT2D eigenvalue weighted by molar-refractivity contribution is -0.109. The molecule has 2 N–H and O–H groups in total. The summed E-state index contributed by atoms with van der Waals surface area (Å²) in [5.74, 6) is 0.458. The van der Waals surface area contributed by atoms with Crippen LogP contribution in [0.2, 0.25) is 0 Å². The van der Waals surface area contributed by atoms with E-state index in [-0.39, 0.29) is 5.56 Å². The maximum absolute atomic E-state index is 11.1. The van der Waals surface area contributed by atoms with Gasteiger partial charge in [-0.25, -0.2) is 9.78 Å². The highest BCUT2D eigenvalue weighted by Crippen LogP contribution is 2.36. The fraction of sp³-hybridized carbons (Fsp3) is 0.364. The van der Waals surface area contributed by atoms with Crippen molar-refractivity contribution in [3.8, 4) is 0 Å². The molecule has 0 saturated carbocycles. The molecule has 1 aromatic rings. The first kappa shape index (κ1) is 11.9. The molecule has 0 aromatic carbocycles. The number of carboxylic acid groups (broad SMARTS) is 1. The standard InChI is InChI=1S/C11H12N2O3S/c14-7-11(4-1-5-17-11)13-9-3-2-8(6-12-9)10(15)16/h2-3,6-7H,1,4-5H2,(H,12,13)(H,15,16). The molecule has 0 bridgehead atoms. The Hall–Kier alpha value is -1.56. The summed E-state index contributed by atoms with van der Waals surface area (Å²) in [5.41, 5.74) is 0.134. The molecular formula is C11H12N2O3S. The third kappa shape index (κ3) is 2.58. The molecular weight excluding hydrogens is 240 g/mol. The van der Waals surface area contributed by atoms with Crippen molar-refractivity contribution in [1.82, 2.24) is 4.98 Å². The van der Waals surface area contributed by atoms with Gasteiger partial charge in [0, 0.05) is 6.20 Å². The number of pyridine rings is 1. The van der Waals surface area contributed by atoms with E-state index in [9.17, 15) is 9.59 Å². The van der Waals surface area contributed by atoms with Crippen LogP contribution >= 0.6 is 11.8 Å². The molecule has 1 atom stereocenters. The summed E-state index contributed by atoms with van der Waals surface area (Å²) in [6.45, 7) is 0. The first-order valence-electron chi connectivity index (χ1n) is 5.23. The number of carbonyl (C=O) groups excluding carboxylic acids is 1. The Bertz CT molecular complexity index is 427. The molecule has 5 nitrogen and oxygen atoms in total. The number of aldehydes is 1. The first-order chi connectivity index (χ1) is 8.15. The second kappa shape index (κ2) is 4.75. The zero-order valence-electron chi connectivity index (χ0n) is 9.05. The smallest absolute Gasteiger partial charge is 0.337 e. The molecule has 90 valence electrons. The first-order valence-corrected chi connectivity index (χ1v) is 6.22. The minimum Gasteiger partial charge on any atom is -0.478 e. The highest BCUT2D eigenvalue weighted by atomic mass is 32.2. The number of nitrogens with zero attached hydrogens (tertiary/aromatic N) is 1. The average Bonchev–Trinajstić information content (AvgIpc) is 2.79. The van der Waals surface area contributed by atoms with E-state index >= 15 is 0 Å². The van der Waals surface area contributed by atoms with Crippen molar-refractivity contribution in [2.24, 2.45) is 0 Å². The summed E-state index contributed by atoms with van der Waals surface area (Å²) in [6, 6.07) is 3.05. The third-order valence-corrected chi connectivity index (χ3v) is 4.00. The zero-order valence-corrected chi connectivity index (χ0v) is 9.87. The van der Waals surface area contributed by atoms with E-state index in [1.165, 1.54) is 12.3 Å². The molecule has 0 aliphatic carbocycles. The monoisotopic (exact) mass is 252 g/mol. The van der Waals surface area contributed by atoms with Gasteiger partial charge in [0.2, 0.25) is 0 Å². The SMILES string of the molecule is O=CC1(Nc2ccc(C(=O)O)cn2)CCCS1. The summed E-state index contributed by atoms with van der Waals surface area (Å²) < 4.78 is 0. The normalized spacial score (nSPS) is 23.3. The molecule has 1 fully saturated rings. The second-order valence-corrected chi connectivity index (χ2v) is 5.25. The number of anilines is 1. The van der Waals surface area contributed by atoms with Gasteiger partial charge in [-0.3, -0.25) is 4.79 Å². The van der Waals surface area contributed by atoms with Crippen LogP contribution in [-0.4, -0.2) is 33.0 Å². The Morgan fingerprint density at radius 3 is 2.88 bits per heavy atom. The molecule has 2 heterocycles. The number of hydrogen-bond donors (Lipinski definition) is 2. The number of aromatic nitrogens is 1. The number of hydrogen-bond acceptors (Lipinski definition) is 5. The lowest BCUT2D eigenvalue weighted by Gasteiger charge is -2.23. The van der Waals surface area contributed by atoms with E-state index in [0.29, 0.717) is 5.82 Å². The van der Waals surface area contributed by atoms with Crippen molar-refractivity contribution in [3.63, 3.8) is 0 Å². The number of carbonyl (C=O) groups is 2. The minimum atomic E-state index is -1.01. The topological polar surface area (TPSA) is 79.3 Å². The van der Waals surface area contributed by atoms with Crippen LogP contribution in [0.5, 0.6) is 0 Å². The molecule has 17 heavy (non-hydrogen) atoms. The fourth-order valence-corrected chi connectivity index (χ4v) is 2.88. The van der Waals surface area contributed by atoms with Gasteiger partial charge >= 0.3 is 5.97 Å². The van der Waals surface area contributed by atoms with Crippen LogP contribution in [0, 0.1) is 0 Å². The Morgan fingerprint density at radius 1 is 1.59 bits per heavy atom. The molecule has 0 amide bonds. The average molecular weight is 252 g/mol. The Balaban J connectivity index is 2.13. The maximum atomic E-state index is 11.1. The van der Waals surface area contributed by atoms with Crippen LogP contribution in [0.3, 0.4) is 0 Å². The lowest BCUT2D eigenvalue weighted by Crippen LogP contribution is -2.33. The van der Waals surface area contributed by atoms with Crippen LogP contribution in [0.25, 0.3) is 0 Å². The van der Waals surface area contributed by atoms with Crippen LogP contribution in [0.4, 0.5) is 5.82 Å². The largest absolute Gasteiger partial charge is 0.478 e. The molecule has 1 aliphatic rings. The maximum Gasteiger partial charge on any atom is 0.337 e. The number of aromatic carboxylic acids is 1. The Kier molecular flexibility index (Phi) is 3.33. The van der Waals surface area contributed by atoms with Crippen molar-refractivity contribution >= 4 is 29.8 Å². The van der Waals surface area contributed by atoms with Crippen LogP contribution < -0.4 is 5.32 Å². The van der Waals surface area contributed by atoms with E-state index in [4.69, 9.17) is 5.11 Å². The second-order valence-electron chi connectivity index (χ2n) is 3.82. The van der Waals surface area contributed by atoms with Crippen LogP contribution in [0.15, 0.2) is 18.3 Å². The van der Waals surface area contributed by atoms with E-state index in [1.807, 2.05) is 0 Å². The summed E-state index contributed by atoms with van der Waals surface area (Å²) in [4.78, 5) is 25.2. The van der Waals surface area contributed by atoms with Gasteiger partial charge in [0.1, 0.15) is 10.7 Å². The summed E-state index contributed by atoms with van der Waals surface area (Å²) in [6.07, 6.45) is 3.94. The van der Waals surface area contributed by atoms with E-state index in [0.717, 1.165) is 24.9 Å². The van der Waals surface area contributed by atoms with Crippen LogP contribution in [0.1, 0.15) is 23.2 Å². The van der Waals surface area contributed by atoms with Gasteiger partial charge in [-0.05, 0) is 30.7 Å². The summed E-state index contributed by atoms with van der Waals surface area (Å²) >= 11 is 1.56. The van der Waals surface area contributed by atoms with Crippen molar-refractivity contribution in [1.29, 1.82) is 0 Å². The zero-order chi connectivity index (χ0) is 12.3. The van der Waals surface area contributed by atoms with Gasteiger partial charge in [0.25, 0.3) is 0 Å². The van der Waals surface area contributed by atoms with E-state index in [1.54, 1.807) is 17.8 Å². The van der Waals surface area contributed by atoms with Crippen molar-refractivity contribution in [2.75, 3.05) is 11.1 Å². The van der Waals surface area contributed by atoms with Gasteiger partial charge < -0.3 is 10.4 Å². The molecule has 6 heteroatoms. The number of nitrogens with one attached hydrogen (secondary N) is 1. The molecule has 0 spiro atoms. The Labute approximate surface area is 103 Å². The number of carboxylic acids is 1. The molecule has 1 unspecified atom stereocenters. The number of thioether (sulfide) groups is 1. The predicted octanol–water partition coefficient (Wildman–Crippen LogP) is 1.61. The van der Waals surface area contributed by atoms with Crippen molar-refractivity contribution in [2.45, 2.75) is 17.7 Å². The van der Waals surface area contributed by atoms with E-state index < -0.39 is 10.8 Å². The highest BCUT2D eigenvalue weighted by Gasteiger charge is 2.34. The third-order valence-electron chi connectivity index (χ3n) is 2.59. The highest BCUT2D eigenvalue weighted by molar-refractivity contribution is 8.01. The minimum absolute atomic E-state index is 0.134. The quantitative estimate of drug-likeness (QED) is 0.793.